The van der Waals surface area contributed by atoms with Gasteiger partial charge in [0.1, 0.15) is 5.82 Å². The van der Waals surface area contributed by atoms with E-state index in [4.69, 9.17) is 0 Å². The summed E-state index contributed by atoms with van der Waals surface area (Å²) in [5, 5.41) is 4.10. The molecule has 3 rings (SSSR count). The fourth-order valence-corrected chi connectivity index (χ4v) is 2.13. The molecule has 0 fully saturated rings. The molecule has 0 unspecified atom stereocenters. The number of rotatable bonds is 2. The number of benzene rings is 1. The van der Waals surface area contributed by atoms with Crippen molar-refractivity contribution in [3.8, 4) is 0 Å². The highest BCUT2D eigenvalue weighted by Gasteiger charge is 2.09. The van der Waals surface area contributed by atoms with Crippen LogP contribution in [0.3, 0.4) is 0 Å². The Morgan fingerprint density at radius 2 is 2.21 bits per heavy atom. The minimum atomic E-state index is -0.378. The van der Waals surface area contributed by atoms with E-state index in [-0.39, 0.29) is 18.1 Å². The molecule has 2 heterocycles. The molecule has 0 atom stereocenters. The van der Waals surface area contributed by atoms with E-state index in [1.807, 2.05) is 0 Å². The van der Waals surface area contributed by atoms with Crippen LogP contribution in [0.2, 0.25) is 0 Å². The molecule has 5 nitrogen and oxygen atoms in total. The first-order valence-corrected chi connectivity index (χ1v) is 6.27. The first-order valence-electron chi connectivity index (χ1n) is 5.48. The van der Waals surface area contributed by atoms with Crippen molar-refractivity contribution in [3.63, 3.8) is 0 Å². The zero-order valence-electron chi connectivity index (χ0n) is 9.62. The maximum absolute atomic E-state index is 13.7. The number of hydrogen-bond acceptors (Lipinski definition) is 3. The van der Waals surface area contributed by atoms with Crippen molar-refractivity contribution >= 4 is 21.6 Å². The Bertz CT molecular complexity index is 811. The van der Waals surface area contributed by atoms with E-state index >= 15 is 0 Å². The van der Waals surface area contributed by atoms with Crippen LogP contribution < -0.4 is 5.69 Å². The molecule has 7 heteroatoms. The molecule has 0 bridgehead atoms. The van der Waals surface area contributed by atoms with E-state index in [0.717, 1.165) is 0 Å². The number of fused-ring (bicyclic) bond motifs is 1. The highest BCUT2D eigenvalue weighted by atomic mass is 79.9. The van der Waals surface area contributed by atoms with Gasteiger partial charge in [-0.15, -0.1) is 5.10 Å². The van der Waals surface area contributed by atoms with Crippen molar-refractivity contribution < 1.29 is 4.39 Å². The predicted molar refractivity (Wildman–Crippen MR) is 70.4 cm³/mol. The molecule has 0 aliphatic heterocycles. The maximum atomic E-state index is 13.7. The fraction of sp³-hybridized carbons (Fsp3) is 0.0833. The summed E-state index contributed by atoms with van der Waals surface area (Å²) in [5.41, 5.74) is 0.520. The van der Waals surface area contributed by atoms with E-state index in [1.165, 1.54) is 33.7 Å². The summed E-state index contributed by atoms with van der Waals surface area (Å²) in [6.07, 6.45) is 4.51. The van der Waals surface area contributed by atoms with E-state index in [9.17, 15) is 9.18 Å². The van der Waals surface area contributed by atoms with Crippen molar-refractivity contribution in [2.24, 2.45) is 0 Å². The van der Waals surface area contributed by atoms with Crippen LogP contribution in [0.25, 0.3) is 5.65 Å². The molecule has 0 spiro atoms. The van der Waals surface area contributed by atoms with Gasteiger partial charge in [-0.3, -0.25) is 4.98 Å². The number of nitrogens with zero attached hydrogens (tertiary/aromatic N) is 4. The largest absolute Gasteiger partial charge is 0.350 e. The molecular weight excluding hydrogens is 315 g/mol. The van der Waals surface area contributed by atoms with Crippen LogP contribution in [0.1, 0.15) is 5.56 Å². The molecule has 96 valence electrons. The number of aromatic nitrogens is 4. The molecule has 3 aromatic rings. The van der Waals surface area contributed by atoms with Crippen LogP contribution >= 0.6 is 15.9 Å². The monoisotopic (exact) mass is 322 g/mol. The first-order chi connectivity index (χ1) is 9.15. The molecule has 0 N–H and O–H groups in total. The van der Waals surface area contributed by atoms with Crippen molar-refractivity contribution in [2.45, 2.75) is 6.54 Å². The molecule has 0 saturated carbocycles. The summed E-state index contributed by atoms with van der Waals surface area (Å²) < 4.78 is 17.0. The van der Waals surface area contributed by atoms with Crippen LogP contribution in [-0.2, 0) is 6.54 Å². The van der Waals surface area contributed by atoms with E-state index < -0.39 is 0 Å². The van der Waals surface area contributed by atoms with Crippen LogP contribution in [0.15, 0.2) is 46.1 Å². The van der Waals surface area contributed by atoms with Gasteiger partial charge in [0.2, 0.25) is 0 Å². The number of hydrogen-bond donors (Lipinski definition) is 0. The normalized spacial score (nSPS) is 11.1. The summed E-state index contributed by atoms with van der Waals surface area (Å²) >= 11 is 3.19. The lowest BCUT2D eigenvalue weighted by Gasteiger charge is -2.02. The van der Waals surface area contributed by atoms with E-state index in [0.29, 0.717) is 15.7 Å². The molecule has 19 heavy (non-hydrogen) atoms. The Kier molecular flexibility index (Phi) is 2.90. The molecule has 0 aliphatic rings. The second-order valence-corrected chi connectivity index (χ2v) is 4.90. The summed E-state index contributed by atoms with van der Waals surface area (Å²) in [7, 11) is 0. The summed E-state index contributed by atoms with van der Waals surface area (Å²) in [6, 6.07) is 4.70. The Morgan fingerprint density at radius 1 is 1.37 bits per heavy atom. The molecule has 0 amide bonds. The van der Waals surface area contributed by atoms with E-state index in [1.54, 1.807) is 12.1 Å². The van der Waals surface area contributed by atoms with Crippen LogP contribution in [0.4, 0.5) is 4.39 Å². The average molecular weight is 323 g/mol. The molecule has 0 aliphatic carbocycles. The third kappa shape index (κ3) is 2.17. The Hall–Kier alpha value is -2.02. The average Bonchev–Trinajstić information content (AvgIpc) is 2.70. The summed E-state index contributed by atoms with van der Waals surface area (Å²) in [4.78, 5) is 15.9. The molecule has 2 aromatic heterocycles. The van der Waals surface area contributed by atoms with Crippen molar-refractivity contribution in [1.29, 1.82) is 0 Å². The smallest absolute Gasteiger partial charge is 0.259 e. The van der Waals surface area contributed by atoms with Gasteiger partial charge in [0.05, 0.1) is 12.7 Å². The highest BCUT2D eigenvalue weighted by molar-refractivity contribution is 9.10. The molecule has 0 saturated heterocycles. The summed E-state index contributed by atoms with van der Waals surface area (Å²) in [5.74, 6) is -0.378. The van der Waals surface area contributed by atoms with Crippen LogP contribution in [0, 0.1) is 5.82 Å². The molecule has 0 radical (unpaired) electrons. The SMILES string of the molecule is O=c1n(Cc2ccc(Br)cc2F)nc2cnccn12. The fourth-order valence-electron chi connectivity index (χ4n) is 1.79. The lowest BCUT2D eigenvalue weighted by Crippen LogP contribution is -2.22. The Morgan fingerprint density at radius 3 is 2.95 bits per heavy atom. The van der Waals surface area contributed by atoms with Gasteiger partial charge < -0.3 is 0 Å². The van der Waals surface area contributed by atoms with Gasteiger partial charge in [-0.25, -0.2) is 18.3 Å². The zero-order chi connectivity index (χ0) is 13.4. The standard InChI is InChI=1S/C12H8BrFN4O/c13-9-2-1-8(10(14)5-9)7-18-12(19)17-4-3-15-6-11(17)16-18/h1-6H,7H2. The van der Waals surface area contributed by atoms with Gasteiger partial charge in [-0.2, -0.15) is 0 Å². The van der Waals surface area contributed by atoms with Crippen LogP contribution in [-0.4, -0.2) is 19.2 Å². The maximum Gasteiger partial charge on any atom is 0.350 e. The summed E-state index contributed by atoms with van der Waals surface area (Å²) in [6.45, 7) is 0.0830. The lowest BCUT2D eigenvalue weighted by molar-refractivity contribution is 0.577. The van der Waals surface area contributed by atoms with Crippen LogP contribution in [0.5, 0.6) is 0 Å². The predicted octanol–water partition coefficient (Wildman–Crippen LogP) is 1.84. The highest BCUT2D eigenvalue weighted by Crippen LogP contribution is 2.15. The van der Waals surface area contributed by atoms with E-state index in [2.05, 4.69) is 26.0 Å². The lowest BCUT2D eigenvalue weighted by atomic mass is 10.2. The third-order valence-electron chi connectivity index (χ3n) is 2.72. The van der Waals surface area contributed by atoms with Crippen molar-refractivity contribution in [2.75, 3.05) is 0 Å². The molecular formula is C12H8BrFN4O. The first kappa shape index (κ1) is 12.0. The second-order valence-electron chi connectivity index (χ2n) is 3.98. The minimum absolute atomic E-state index is 0.0830. The van der Waals surface area contributed by atoms with Crippen molar-refractivity contribution in [3.05, 3.63) is 63.1 Å². The number of halogens is 2. The Balaban J connectivity index is 2.06. The van der Waals surface area contributed by atoms with Crippen molar-refractivity contribution in [1.82, 2.24) is 19.2 Å². The van der Waals surface area contributed by atoms with Gasteiger partial charge >= 0.3 is 5.69 Å². The second kappa shape index (κ2) is 4.58. The molecule has 1 aromatic carbocycles. The van der Waals surface area contributed by atoms with Gasteiger partial charge in [-0.05, 0) is 12.1 Å². The topological polar surface area (TPSA) is 52.2 Å². The zero-order valence-corrected chi connectivity index (χ0v) is 11.2. The van der Waals surface area contributed by atoms with Gasteiger partial charge in [0, 0.05) is 22.4 Å². The van der Waals surface area contributed by atoms with Gasteiger partial charge in [0.15, 0.2) is 5.65 Å². The van der Waals surface area contributed by atoms with Gasteiger partial charge in [0.25, 0.3) is 0 Å². The Labute approximate surface area is 115 Å². The third-order valence-corrected chi connectivity index (χ3v) is 3.22. The quantitative estimate of drug-likeness (QED) is 0.723. The van der Waals surface area contributed by atoms with Gasteiger partial charge in [-0.1, -0.05) is 22.0 Å². The minimum Gasteiger partial charge on any atom is -0.259 e.